The molecule has 2 heteroatoms. The summed E-state index contributed by atoms with van der Waals surface area (Å²) in [4.78, 5) is 3.30. The lowest BCUT2D eigenvalue weighted by Gasteiger charge is -2.14. The number of halogens is 1. The Hall–Kier alpha value is -1.99. The highest BCUT2D eigenvalue weighted by Crippen LogP contribution is 2.34. The van der Waals surface area contributed by atoms with E-state index in [-0.39, 0.29) is 5.92 Å². The Balaban J connectivity index is 2.18. The molecule has 1 atom stereocenters. The minimum Gasteiger partial charge on any atom is -0.361 e. The van der Waals surface area contributed by atoms with Crippen molar-refractivity contribution in [3.8, 4) is 0 Å². The lowest BCUT2D eigenvalue weighted by molar-refractivity contribution is 1.04. The van der Waals surface area contributed by atoms with Gasteiger partial charge >= 0.3 is 0 Å². The van der Waals surface area contributed by atoms with E-state index in [4.69, 9.17) is 11.6 Å². The van der Waals surface area contributed by atoms with Crippen LogP contribution in [0.2, 0.25) is 5.02 Å². The molecule has 3 aromatic rings. The number of hydrogen-bond donors (Lipinski definition) is 1. The predicted octanol–water partition coefficient (Wildman–Crippen LogP) is 5.14. The molecule has 0 bridgehead atoms. The van der Waals surface area contributed by atoms with Gasteiger partial charge in [-0.05, 0) is 23.3 Å². The molecule has 0 amide bonds. The van der Waals surface area contributed by atoms with Gasteiger partial charge < -0.3 is 4.98 Å². The summed E-state index contributed by atoms with van der Waals surface area (Å²) < 4.78 is 0. The standard InChI is InChI=1S/C17H14ClN/c1-2-12(13-7-3-5-9-16(13)18)15-11-19-17-10-6-4-8-14(15)17/h2-12,19H,1H2. The van der Waals surface area contributed by atoms with E-state index >= 15 is 0 Å². The lowest BCUT2D eigenvalue weighted by Crippen LogP contribution is -1.97. The van der Waals surface area contributed by atoms with Gasteiger partial charge in [-0.3, -0.25) is 0 Å². The molecule has 1 aromatic heterocycles. The van der Waals surface area contributed by atoms with Crippen LogP contribution < -0.4 is 0 Å². The van der Waals surface area contributed by atoms with Gasteiger partial charge in [-0.25, -0.2) is 0 Å². The first kappa shape index (κ1) is 12.1. The van der Waals surface area contributed by atoms with E-state index in [1.807, 2.05) is 42.6 Å². The molecule has 3 rings (SSSR count). The number of H-pyrrole nitrogens is 1. The second-order valence-corrected chi connectivity index (χ2v) is 4.93. The summed E-state index contributed by atoms with van der Waals surface area (Å²) in [5.41, 5.74) is 3.43. The van der Waals surface area contributed by atoms with E-state index < -0.39 is 0 Å². The van der Waals surface area contributed by atoms with Crippen molar-refractivity contribution in [3.05, 3.63) is 83.5 Å². The maximum absolute atomic E-state index is 6.31. The van der Waals surface area contributed by atoms with E-state index in [0.717, 1.165) is 16.1 Å². The van der Waals surface area contributed by atoms with Crippen molar-refractivity contribution in [1.29, 1.82) is 0 Å². The number of para-hydroxylation sites is 1. The Kier molecular flexibility index (Phi) is 3.14. The third kappa shape index (κ3) is 2.06. The summed E-state index contributed by atoms with van der Waals surface area (Å²) >= 11 is 6.31. The lowest BCUT2D eigenvalue weighted by atomic mass is 9.91. The number of rotatable bonds is 3. The Morgan fingerprint density at radius 2 is 1.74 bits per heavy atom. The summed E-state index contributed by atoms with van der Waals surface area (Å²) in [5, 5.41) is 1.99. The minimum atomic E-state index is 0.102. The third-order valence-corrected chi connectivity index (χ3v) is 3.78. The largest absolute Gasteiger partial charge is 0.361 e. The summed E-state index contributed by atoms with van der Waals surface area (Å²) in [7, 11) is 0. The van der Waals surface area contributed by atoms with Crippen LogP contribution >= 0.6 is 11.6 Å². The smallest absolute Gasteiger partial charge is 0.0457 e. The molecule has 1 nitrogen and oxygen atoms in total. The molecule has 1 N–H and O–H groups in total. The minimum absolute atomic E-state index is 0.102. The average Bonchev–Trinajstić information content (AvgIpc) is 2.86. The number of aromatic nitrogens is 1. The topological polar surface area (TPSA) is 15.8 Å². The summed E-state index contributed by atoms with van der Waals surface area (Å²) in [5.74, 6) is 0.102. The maximum Gasteiger partial charge on any atom is 0.0457 e. The van der Waals surface area contributed by atoms with Crippen molar-refractivity contribution in [3.63, 3.8) is 0 Å². The molecular weight excluding hydrogens is 254 g/mol. The molecule has 0 saturated heterocycles. The number of allylic oxidation sites excluding steroid dienone is 1. The van der Waals surface area contributed by atoms with Crippen LogP contribution in [0.5, 0.6) is 0 Å². The molecule has 1 heterocycles. The molecular formula is C17H14ClN. The zero-order chi connectivity index (χ0) is 13.2. The molecule has 94 valence electrons. The molecule has 0 spiro atoms. The quantitative estimate of drug-likeness (QED) is 0.633. The molecule has 0 radical (unpaired) electrons. The first-order valence-electron chi connectivity index (χ1n) is 6.24. The normalized spacial score (nSPS) is 12.5. The number of benzene rings is 2. The SMILES string of the molecule is C=CC(c1ccccc1Cl)c1c[nH]c2ccccc12. The number of hydrogen-bond acceptors (Lipinski definition) is 0. The third-order valence-electron chi connectivity index (χ3n) is 3.43. The van der Waals surface area contributed by atoms with Gasteiger partial charge in [0.25, 0.3) is 0 Å². The molecule has 1 unspecified atom stereocenters. The van der Waals surface area contributed by atoms with Crippen molar-refractivity contribution in [2.24, 2.45) is 0 Å². The van der Waals surface area contributed by atoms with E-state index in [1.54, 1.807) is 0 Å². The fourth-order valence-corrected chi connectivity index (χ4v) is 2.75. The monoisotopic (exact) mass is 267 g/mol. The molecule has 0 aliphatic carbocycles. The number of aromatic amines is 1. The first-order chi connectivity index (χ1) is 9.31. The van der Waals surface area contributed by atoms with Gasteiger partial charge in [0, 0.05) is 28.0 Å². The van der Waals surface area contributed by atoms with Crippen LogP contribution in [-0.2, 0) is 0 Å². The van der Waals surface area contributed by atoms with Crippen LogP contribution in [0.25, 0.3) is 10.9 Å². The van der Waals surface area contributed by atoms with Crippen molar-refractivity contribution in [2.75, 3.05) is 0 Å². The van der Waals surface area contributed by atoms with Gasteiger partial charge in [0.1, 0.15) is 0 Å². The van der Waals surface area contributed by atoms with Crippen LogP contribution in [0.3, 0.4) is 0 Å². The highest BCUT2D eigenvalue weighted by molar-refractivity contribution is 6.31. The van der Waals surface area contributed by atoms with Crippen LogP contribution in [-0.4, -0.2) is 4.98 Å². The summed E-state index contributed by atoms with van der Waals surface area (Å²) in [6.07, 6.45) is 3.98. The maximum atomic E-state index is 6.31. The summed E-state index contributed by atoms with van der Waals surface area (Å²) in [6.45, 7) is 3.97. The van der Waals surface area contributed by atoms with Gasteiger partial charge in [0.15, 0.2) is 0 Å². The number of nitrogens with one attached hydrogen (secondary N) is 1. The number of fused-ring (bicyclic) bond motifs is 1. The molecule has 0 saturated carbocycles. The van der Waals surface area contributed by atoms with Crippen LogP contribution in [0.1, 0.15) is 17.0 Å². The van der Waals surface area contributed by atoms with Crippen LogP contribution in [0.15, 0.2) is 67.4 Å². The van der Waals surface area contributed by atoms with Crippen LogP contribution in [0, 0.1) is 0 Å². The van der Waals surface area contributed by atoms with Gasteiger partial charge in [-0.2, -0.15) is 0 Å². The van der Waals surface area contributed by atoms with E-state index in [9.17, 15) is 0 Å². The molecule has 2 aromatic carbocycles. The zero-order valence-corrected chi connectivity index (χ0v) is 11.2. The molecule has 0 fully saturated rings. The van der Waals surface area contributed by atoms with Crippen molar-refractivity contribution >= 4 is 22.5 Å². The van der Waals surface area contributed by atoms with Gasteiger partial charge in [-0.1, -0.05) is 54.1 Å². The van der Waals surface area contributed by atoms with E-state index in [0.29, 0.717) is 0 Å². The molecule has 19 heavy (non-hydrogen) atoms. The Labute approximate surface area is 117 Å². The van der Waals surface area contributed by atoms with Crippen molar-refractivity contribution in [1.82, 2.24) is 4.98 Å². The highest BCUT2D eigenvalue weighted by Gasteiger charge is 2.16. The van der Waals surface area contributed by atoms with Crippen molar-refractivity contribution < 1.29 is 0 Å². The zero-order valence-electron chi connectivity index (χ0n) is 10.4. The van der Waals surface area contributed by atoms with Gasteiger partial charge in [0.05, 0.1) is 0 Å². The molecule has 0 aliphatic rings. The Bertz CT molecular complexity index is 727. The average molecular weight is 268 g/mol. The van der Waals surface area contributed by atoms with Gasteiger partial charge in [0.2, 0.25) is 0 Å². The predicted molar refractivity (Wildman–Crippen MR) is 81.8 cm³/mol. The Morgan fingerprint density at radius 3 is 2.53 bits per heavy atom. The second kappa shape index (κ2) is 4.94. The van der Waals surface area contributed by atoms with Crippen molar-refractivity contribution in [2.45, 2.75) is 5.92 Å². The fourth-order valence-electron chi connectivity index (χ4n) is 2.50. The summed E-state index contributed by atoms with van der Waals surface area (Å²) in [6, 6.07) is 16.2. The van der Waals surface area contributed by atoms with Crippen LogP contribution in [0.4, 0.5) is 0 Å². The molecule has 0 aliphatic heterocycles. The first-order valence-corrected chi connectivity index (χ1v) is 6.62. The Morgan fingerprint density at radius 1 is 1.00 bits per heavy atom. The second-order valence-electron chi connectivity index (χ2n) is 4.52. The van der Waals surface area contributed by atoms with E-state index in [2.05, 4.69) is 29.8 Å². The van der Waals surface area contributed by atoms with Gasteiger partial charge in [-0.15, -0.1) is 6.58 Å². The van der Waals surface area contributed by atoms with E-state index in [1.165, 1.54) is 10.9 Å². The highest BCUT2D eigenvalue weighted by atomic mass is 35.5. The fraction of sp³-hybridized carbons (Fsp3) is 0.0588.